The lowest BCUT2D eigenvalue weighted by atomic mass is 10.3. The van der Waals surface area contributed by atoms with Crippen molar-refractivity contribution in [3.8, 4) is 0 Å². The minimum absolute atomic E-state index is 0.293. The summed E-state index contributed by atoms with van der Waals surface area (Å²) < 4.78 is 45.9. The van der Waals surface area contributed by atoms with Gasteiger partial charge in [0.1, 0.15) is 22.3 Å². The number of nitrogens with zero attached hydrogens (tertiary/aromatic N) is 2. The van der Waals surface area contributed by atoms with Gasteiger partial charge in [0, 0.05) is 17.7 Å². The standard InChI is InChI=1S/C23H19N2O2S2.ClHO4/c1-3-27-23(26)18-14-15(22-25(18)17-9-5-7-11-20(17)29-22)12-13-21-24(2)16-8-4-6-10-19(16)28-21;2-1(3,4)5/h4-14H,3H2,1-2H3;(H,2,3,4,5)/q+1;/p-1. The van der Waals surface area contributed by atoms with E-state index < -0.39 is 10.2 Å². The second-order valence-corrected chi connectivity index (χ2v) is 9.94. The van der Waals surface area contributed by atoms with Crippen molar-refractivity contribution < 1.29 is 43.0 Å². The van der Waals surface area contributed by atoms with Gasteiger partial charge in [0.2, 0.25) is 5.52 Å². The van der Waals surface area contributed by atoms with E-state index >= 15 is 0 Å². The molecule has 0 radical (unpaired) electrons. The van der Waals surface area contributed by atoms with Crippen LogP contribution in [0.4, 0.5) is 0 Å². The third-order valence-electron chi connectivity index (χ3n) is 4.96. The average Bonchev–Trinajstić information content (AvgIpc) is 3.42. The Morgan fingerprint density at radius 2 is 1.68 bits per heavy atom. The summed E-state index contributed by atoms with van der Waals surface area (Å²) in [6.45, 7) is 2.19. The summed E-state index contributed by atoms with van der Waals surface area (Å²) in [6.07, 6.45) is 4.22. The van der Waals surface area contributed by atoms with Gasteiger partial charge >= 0.3 is 5.97 Å². The Labute approximate surface area is 204 Å². The molecule has 0 aliphatic heterocycles. The summed E-state index contributed by atoms with van der Waals surface area (Å²) in [6, 6.07) is 18.5. The fourth-order valence-corrected chi connectivity index (χ4v) is 5.79. The Morgan fingerprint density at radius 3 is 2.35 bits per heavy atom. The number of hydrogen-bond acceptors (Lipinski definition) is 8. The molecule has 176 valence electrons. The normalized spacial score (nSPS) is 11.9. The first-order valence-electron chi connectivity index (χ1n) is 10.0. The molecule has 2 aromatic carbocycles. The predicted molar refractivity (Wildman–Crippen MR) is 121 cm³/mol. The molecule has 3 heterocycles. The fraction of sp³-hybridized carbons (Fsp3) is 0.130. The van der Waals surface area contributed by atoms with E-state index in [0.29, 0.717) is 12.3 Å². The van der Waals surface area contributed by atoms with Crippen molar-refractivity contribution in [1.29, 1.82) is 0 Å². The molecule has 0 aliphatic carbocycles. The molecule has 0 aliphatic rings. The van der Waals surface area contributed by atoms with Crippen molar-refractivity contribution in [2.75, 3.05) is 6.61 Å². The van der Waals surface area contributed by atoms with Gasteiger partial charge in [-0.2, -0.15) is 4.57 Å². The molecule has 8 nitrogen and oxygen atoms in total. The van der Waals surface area contributed by atoms with Crippen molar-refractivity contribution in [3.05, 3.63) is 70.9 Å². The molecular weight excluding hydrogens is 500 g/mol. The number of aromatic nitrogens is 2. The minimum atomic E-state index is -4.94. The Morgan fingerprint density at radius 1 is 1.03 bits per heavy atom. The van der Waals surface area contributed by atoms with Gasteiger partial charge in [-0.05, 0) is 37.3 Å². The molecule has 5 aromatic rings. The van der Waals surface area contributed by atoms with E-state index in [2.05, 4.69) is 54.1 Å². The number of carbonyl (C=O) groups is 1. The maximum atomic E-state index is 12.6. The number of rotatable bonds is 4. The number of fused-ring (bicyclic) bond motifs is 4. The molecular formula is C23H19ClN2O6S2. The van der Waals surface area contributed by atoms with Crippen molar-refractivity contribution in [2.24, 2.45) is 7.05 Å². The summed E-state index contributed by atoms with van der Waals surface area (Å²) in [7, 11) is -2.86. The number of aryl methyl sites for hydroxylation is 1. The molecule has 0 fully saturated rings. The van der Waals surface area contributed by atoms with Crippen LogP contribution in [0.2, 0.25) is 0 Å². The molecule has 0 saturated heterocycles. The second kappa shape index (κ2) is 9.80. The third-order valence-corrected chi connectivity index (χ3v) is 7.32. The van der Waals surface area contributed by atoms with E-state index in [1.807, 2.05) is 35.6 Å². The largest absolute Gasteiger partial charge is 0.461 e. The van der Waals surface area contributed by atoms with E-state index in [4.69, 9.17) is 23.4 Å². The molecule has 0 bridgehead atoms. The Hall–Kier alpha value is -2.83. The molecule has 3 aromatic heterocycles. The van der Waals surface area contributed by atoms with Gasteiger partial charge < -0.3 is 4.74 Å². The van der Waals surface area contributed by atoms with E-state index in [9.17, 15) is 4.79 Å². The van der Waals surface area contributed by atoms with E-state index in [-0.39, 0.29) is 5.97 Å². The highest BCUT2D eigenvalue weighted by Gasteiger charge is 2.20. The third kappa shape index (κ3) is 5.13. The molecule has 5 rings (SSSR count). The SMILES string of the molecule is CCOC(=O)c1cc(/C=C\c2sc3ccccc3[n+]2C)c2sc3ccccc3n12.[O-][Cl+3]([O-])([O-])[O-]. The van der Waals surface area contributed by atoms with Gasteiger partial charge in [-0.15, -0.1) is 21.6 Å². The van der Waals surface area contributed by atoms with Crippen LogP contribution in [0.25, 0.3) is 37.4 Å². The lowest BCUT2D eigenvalue weighted by Gasteiger charge is -2.17. The van der Waals surface area contributed by atoms with Crippen LogP contribution in [-0.2, 0) is 11.8 Å². The summed E-state index contributed by atoms with van der Waals surface area (Å²) >= 11 is 3.45. The van der Waals surface area contributed by atoms with E-state index in [0.717, 1.165) is 25.6 Å². The van der Waals surface area contributed by atoms with Crippen LogP contribution in [0.1, 0.15) is 28.0 Å². The topological polar surface area (TPSA) is 127 Å². The van der Waals surface area contributed by atoms with Crippen LogP contribution in [-0.4, -0.2) is 17.0 Å². The molecule has 0 atom stereocenters. The Kier molecular flexibility index (Phi) is 7.01. The maximum Gasteiger partial charge on any atom is 0.355 e. The smallest absolute Gasteiger partial charge is 0.355 e. The number of para-hydroxylation sites is 2. The first-order chi connectivity index (χ1) is 16.2. The summed E-state index contributed by atoms with van der Waals surface area (Å²) in [5, 5.41) is 1.16. The zero-order valence-corrected chi connectivity index (χ0v) is 20.5. The van der Waals surface area contributed by atoms with Crippen LogP contribution in [0, 0.1) is 10.2 Å². The predicted octanol–water partition coefficient (Wildman–Crippen LogP) is 0.784. The lowest BCUT2D eigenvalue weighted by molar-refractivity contribution is -2.00. The van der Waals surface area contributed by atoms with E-state index in [1.165, 1.54) is 10.2 Å². The van der Waals surface area contributed by atoms with Gasteiger partial charge in [-0.25, -0.2) is 23.4 Å². The van der Waals surface area contributed by atoms with Gasteiger partial charge in [-0.3, -0.25) is 4.40 Å². The van der Waals surface area contributed by atoms with Gasteiger partial charge in [0.25, 0.3) is 5.01 Å². The van der Waals surface area contributed by atoms with Crippen LogP contribution in [0.15, 0.2) is 54.6 Å². The molecule has 0 N–H and O–H groups in total. The van der Waals surface area contributed by atoms with Crippen molar-refractivity contribution in [2.45, 2.75) is 6.92 Å². The fourth-order valence-electron chi connectivity index (χ4n) is 3.59. The van der Waals surface area contributed by atoms with Crippen LogP contribution in [0.5, 0.6) is 0 Å². The summed E-state index contributed by atoms with van der Waals surface area (Å²) in [4.78, 5) is 13.6. The molecule has 0 saturated carbocycles. The number of esters is 1. The van der Waals surface area contributed by atoms with E-state index in [1.54, 1.807) is 22.7 Å². The van der Waals surface area contributed by atoms with Crippen LogP contribution >= 0.6 is 22.7 Å². The molecule has 34 heavy (non-hydrogen) atoms. The summed E-state index contributed by atoms with van der Waals surface area (Å²) in [5.74, 6) is -0.293. The number of benzene rings is 2. The van der Waals surface area contributed by atoms with Crippen molar-refractivity contribution in [3.63, 3.8) is 0 Å². The lowest BCUT2D eigenvalue weighted by Crippen LogP contribution is -2.68. The van der Waals surface area contributed by atoms with Gasteiger partial charge in [0.15, 0.2) is 0 Å². The number of halogens is 1. The molecule has 11 heteroatoms. The van der Waals surface area contributed by atoms with Crippen molar-refractivity contribution >= 4 is 66.1 Å². The Balaban J connectivity index is 0.000000499. The molecule has 0 unspecified atom stereocenters. The quantitative estimate of drug-likeness (QED) is 0.255. The molecule has 0 spiro atoms. The number of ether oxygens (including phenoxy) is 1. The Bertz CT molecular complexity index is 1510. The van der Waals surface area contributed by atoms with Crippen LogP contribution in [0.3, 0.4) is 0 Å². The highest BCUT2D eigenvalue weighted by molar-refractivity contribution is 7.24. The van der Waals surface area contributed by atoms with Gasteiger partial charge in [0.05, 0.1) is 16.8 Å². The molecule has 0 amide bonds. The number of hydrogen-bond donors (Lipinski definition) is 0. The average molecular weight is 519 g/mol. The number of carbonyl (C=O) groups excluding carboxylic acids is 1. The van der Waals surface area contributed by atoms with Crippen molar-refractivity contribution in [1.82, 2.24) is 4.40 Å². The summed E-state index contributed by atoms with van der Waals surface area (Å²) in [5.41, 5.74) is 3.84. The zero-order chi connectivity index (χ0) is 24.5. The zero-order valence-electron chi connectivity index (χ0n) is 18.1. The van der Waals surface area contributed by atoms with Gasteiger partial charge in [-0.1, -0.05) is 35.6 Å². The second-order valence-electron chi connectivity index (χ2n) is 7.09. The number of thiazole rings is 2. The highest BCUT2D eigenvalue weighted by Crippen LogP contribution is 2.33. The first kappa shape index (κ1) is 24.3. The maximum absolute atomic E-state index is 12.6. The van der Waals surface area contributed by atoms with Crippen LogP contribution < -0.4 is 23.2 Å². The first-order valence-corrected chi connectivity index (χ1v) is 12.9. The highest BCUT2D eigenvalue weighted by atomic mass is 35.7. The minimum Gasteiger partial charge on any atom is -0.461 e. The monoisotopic (exact) mass is 518 g/mol.